The summed E-state index contributed by atoms with van der Waals surface area (Å²) in [6.45, 7) is 1.96. The number of nitrogens with zero attached hydrogens (tertiary/aromatic N) is 2. The van der Waals surface area contributed by atoms with Crippen LogP contribution in [0.3, 0.4) is 0 Å². The van der Waals surface area contributed by atoms with Crippen LogP contribution in [-0.2, 0) is 6.54 Å². The molecule has 0 unspecified atom stereocenters. The minimum atomic E-state index is 0.474. The summed E-state index contributed by atoms with van der Waals surface area (Å²) in [7, 11) is 0. The normalized spacial score (nSPS) is 19.3. The highest BCUT2D eigenvalue weighted by Crippen LogP contribution is 2.32. The molecule has 1 aliphatic heterocycles. The largest absolute Gasteiger partial charge is 0.444 e. The van der Waals surface area contributed by atoms with Gasteiger partial charge in [0.2, 0.25) is 5.89 Å². The van der Waals surface area contributed by atoms with Crippen molar-refractivity contribution >= 4 is 11.3 Å². The highest BCUT2D eigenvalue weighted by atomic mass is 32.1. The molecule has 0 amide bonds. The van der Waals surface area contributed by atoms with Gasteiger partial charge in [-0.25, -0.2) is 4.98 Å². The Morgan fingerprint density at radius 2 is 2.38 bits per heavy atom. The van der Waals surface area contributed by atoms with Gasteiger partial charge >= 0.3 is 0 Å². The summed E-state index contributed by atoms with van der Waals surface area (Å²) < 4.78 is 5.61. The van der Waals surface area contributed by atoms with Crippen molar-refractivity contribution in [3.05, 3.63) is 53.5 Å². The summed E-state index contributed by atoms with van der Waals surface area (Å²) in [4.78, 5) is 11.5. The van der Waals surface area contributed by atoms with Crippen LogP contribution in [0.4, 0.5) is 0 Å². The molecule has 0 bridgehead atoms. The number of oxazole rings is 1. The van der Waals surface area contributed by atoms with Crippen molar-refractivity contribution in [2.45, 2.75) is 25.4 Å². The van der Waals surface area contributed by atoms with Crippen molar-refractivity contribution in [3.8, 4) is 10.8 Å². The zero-order chi connectivity index (χ0) is 14.1. The molecule has 0 saturated carbocycles. The second-order valence-corrected chi connectivity index (χ2v) is 6.32. The summed E-state index contributed by atoms with van der Waals surface area (Å²) in [5.74, 6) is 0.732. The maximum Gasteiger partial charge on any atom is 0.236 e. The van der Waals surface area contributed by atoms with Crippen molar-refractivity contribution in [3.63, 3.8) is 0 Å². The van der Waals surface area contributed by atoms with E-state index < -0.39 is 0 Å². The molecule has 4 heterocycles. The predicted molar refractivity (Wildman–Crippen MR) is 83.0 cm³/mol. The van der Waals surface area contributed by atoms with Gasteiger partial charge in [0.05, 0.1) is 16.6 Å². The van der Waals surface area contributed by atoms with Gasteiger partial charge in [-0.15, -0.1) is 11.3 Å². The van der Waals surface area contributed by atoms with E-state index in [2.05, 4.69) is 27.0 Å². The highest BCUT2D eigenvalue weighted by Gasteiger charge is 2.27. The van der Waals surface area contributed by atoms with Crippen LogP contribution in [0, 0.1) is 0 Å². The van der Waals surface area contributed by atoms with E-state index in [-0.39, 0.29) is 0 Å². The van der Waals surface area contributed by atoms with Crippen molar-refractivity contribution in [1.82, 2.24) is 14.9 Å². The number of hydrogen-bond acceptors (Lipinski definition) is 4. The smallest absolute Gasteiger partial charge is 0.236 e. The predicted octanol–water partition coefficient (Wildman–Crippen LogP) is 4.07. The Morgan fingerprint density at radius 3 is 3.19 bits per heavy atom. The lowest BCUT2D eigenvalue weighted by atomic mass is 10.1. The molecule has 0 aromatic carbocycles. The number of H-pyrrole nitrogens is 1. The Bertz CT molecular complexity index is 687. The molecular formula is C16H17N3OS. The lowest BCUT2D eigenvalue weighted by Gasteiger charge is -2.22. The van der Waals surface area contributed by atoms with Crippen LogP contribution in [0.2, 0.25) is 0 Å². The molecule has 3 aromatic rings. The van der Waals surface area contributed by atoms with E-state index in [1.54, 1.807) is 17.6 Å². The Hall–Kier alpha value is -1.85. The standard InChI is InChI=1S/C16H17N3OS/c1-4-13(17-7-1)14-5-2-8-19(14)10-12-11-20-16(18-12)15-6-3-9-21-15/h1,3-4,6-7,9,11,14,17H,2,5,8,10H2/t14-/m0/s1. The van der Waals surface area contributed by atoms with Gasteiger partial charge in [-0.2, -0.15) is 0 Å². The van der Waals surface area contributed by atoms with Crippen LogP contribution in [0.25, 0.3) is 10.8 Å². The lowest BCUT2D eigenvalue weighted by Crippen LogP contribution is -2.23. The Labute approximate surface area is 127 Å². The summed E-state index contributed by atoms with van der Waals surface area (Å²) in [6, 6.07) is 8.77. The molecule has 4 nitrogen and oxygen atoms in total. The van der Waals surface area contributed by atoms with Gasteiger partial charge in [-0.1, -0.05) is 6.07 Å². The van der Waals surface area contributed by atoms with Crippen LogP contribution in [-0.4, -0.2) is 21.4 Å². The van der Waals surface area contributed by atoms with E-state index in [0.717, 1.165) is 29.6 Å². The number of thiophene rings is 1. The van der Waals surface area contributed by atoms with Gasteiger partial charge in [0.1, 0.15) is 6.26 Å². The molecule has 0 aliphatic carbocycles. The molecule has 4 rings (SSSR count). The lowest BCUT2D eigenvalue weighted by molar-refractivity contribution is 0.242. The molecule has 1 N–H and O–H groups in total. The van der Waals surface area contributed by atoms with Crippen molar-refractivity contribution < 1.29 is 4.42 Å². The first kappa shape index (κ1) is 12.9. The van der Waals surface area contributed by atoms with Gasteiger partial charge in [0.15, 0.2) is 0 Å². The van der Waals surface area contributed by atoms with E-state index in [4.69, 9.17) is 4.42 Å². The minimum absolute atomic E-state index is 0.474. The molecule has 0 radical (unpaired) electrons. The number of hydrogen-bond donors (Lipinski definition) is 1. The Kier molecular flexibility index (Phi) is 3.37. The van der Waals surface area contributed by atoms with Gasteiger partial charge in [0, 0.05) is 18.4 Å². The summed E-state index contributed by atoms with van der Waals surface area (Å²) in [5, 5.41) is 2.04. The van der Waals surface area contributed by atoms with E-state index in [0.29, 0.717) is 6.04 Å². The second-order valence-electron chi connectivity index (χ2n) is 5.38. The van der Waals surface area contributed by atoms with Gasteiger partial charge in [-0.05, 0) is 43.0 Å². The van der Waals surface area contributed by atoms with E-state index in [1.165, 1.54) is 18.5 Å². The molecule has 5 heteroatoms. The van der Waals surface area contributed by atoms with Crippen LogP contribution in [0.15, 0.2) is 46.5 Å². The van der Waals surface area contributed by atoms with Gasteiger partial charge < -0.3 is 9.40 Å². The fourth-order valence-electron chi connectivity index (χ4n) is 3.02. The first-order valence-electron chi connectivity index (χ1n) is 7.26. The highest BCUT2D eigenvalue weighted by molar-refractivity contribution is 7.13. The van der Waals surface area contributed by atoms with Gasteiger partial charge in [0.25, 0.3) is 0 Å². The second kappa shape index (κ2) is 5.50. The fourth-order valence-corrected chi connectivity index (χ4v) is 3.68. The number of likely N-dealkylation sites (tertiary alicyclic amines) is 1. The molecule has 1 saturated heterocycles. The topological polar surface area (TPSA) is 45.1 Å². The number of aromatic amines is 1. The summed E-state index contributed by atoms with van der Waals surface area (Å²) >= 11 is 1.66. The molecule has 1 fully saturated rings. The fraction of sp³-hybridized carbons (Fsp3) is 0.312. The van der Waals surface area contributed by atoms with Crippen molar-refractivity contribution in [2.75, 3.05) is 6.54 Å². The first-order valence-corrected chi connectivity index (χ1v) is 8.14. The Balaban J connectivity index is 1.51. The molecule has 21 heavy (non-hydrogen) atoms. The quantitative estimate of drug-likeness (QED) is 0.790. The Morgan fingerprint density at radius 1 is 1.38 bits per heavy atom. The molecule has 108 valence electrons. The van der Waals surface area contributed by atoms with Gasteiger partial charge in [-0.3, -0.25) is 4.90 Å². The monoisotopic (exact) mass is 299 g/mol. The first-order chi connectivity index (χ1) is 10.4. The third-order valence-electron chi connectivity index (χ3n) is 3.99. The van der Waals surface area contributed by atoms with Crippen LogP contribution >= 0.6 is 11.3 Å². The van der Waals surface area contributed by atoms with E-state index in [1.807, 2.05) is 23.7 Å². The average Bonchev–Trinajstić information content (AvgIpc) is 3.28. The number of nitrogens with one attached hydrogen (secondary N) is 1. The van der Waals surface area contributed by atoms with Crippen LogP contribution < -0.4 is 0 Å². The van der Waals surface area contributed by atoms with Crippen molar-refractivity contribution in [1.29, 1.82) is 0 Å². The minimum Gasteiger partial charge on any atom is -0.444 e. The SMILES string of the molecule is c1c[nH]c([C@@H]2CCCN2Cc2coc(-c3cccs3)n2)c1. The van der Waals surface area contributed by atoms with E-state index in [9.17, 15) is 0 Å². The maximum absolute atomic E-state index is 5.61. The maximum atomic E-state index is 5.61. The average molecular weight is 299 g/mol. The molecular weight excluding hydrogens is 282 g/mol. The molecule has 3 aromatic heterocycles. The summed E-state index contributed by atoms with van der Waals surface area (Å²) in [6.07, 6.45) is 6.23. The van der Waals surface area contributed by atoms with Crippen LogP contribution in [0.5, 0.6) is 0 Å². The molecule has 1 aliphatic rings. The van der Waals surface area contributed by atoms with Crippen LogP contribution in [0.1, 0.15) is 30.3 Å². The van der Waals surface area contributed by atoms with Crippen molar-refractivity contribution in [2.24, 2.45) is 0 Å². The zero-order valence-electron chi connectivity index (χ0n) is 11.7. The molecule has 0 spiro atoms. The molecule has 1 atom stereocenters. The number of rotatable bonds is 4. The third-order valence-corrected chi connectivity index (χ3v) is 4.85. The number of aromatic nitrogens is 2. The summed E-state index contributed by atoms with van der Waals surface area (Å²) in [5.41, 5.74) is 2.31. The zero-order valence-corrected chi connectivity index (χ0v) is 12.5. The van der Waals surface area contributed by atoms with E-state index >= 15 is 0 Å². The third kappa shape index (κ3) is 2.54.